The third kappa shape index (κ3) is 7.83. The van der Waals surface area contributed by atoms with Crippen LogP contribution in [-0.2, 0) is 16.6 Å². The number of benzene rings is 2. The van der Waals surface area contributed by atoms with E-state index >= 15 is 0 Å². The summed E-state index contributed by atoms with van der Waals surface area (Å²) in [5.74, 6) is 1.26. The van der Waals surface area contributed by atoms with E-state index in [1.807, 2.05) is 12.1 Å². The number of nitrogens with one attached hydrogen (secondary N) is 1. The minimum Gasteiger partial charge on any atom is -0.493 e. The molecule has 0 aliphatic rings. The fourth-order valence-electron chi connectivity index (χ4n) is 3.00. The maximum absolute atomic E-state index is 12.0. The van der Waals surface area contributed by atoms with Crippen molar-refractivity contribution in [3.63, 3.8) is 0 Å². The second kappa shape index (κ2) is 11.9. The van der Waals surface area contributed by atoms with Gasteiger partial charge in [0.05, 0.1) is 24.8 Å². The number of hydrogen-bond acceptors (Lipinski definition) is 9. The highest BCUT2D eigenvalue weighted by atomic mass is 35.5. The molecule has 2 aromatic carbocycles. The zero-order valence-corrected chi connectivity index (χ0v) is 21.6. The number of halogens is 1. The van der Waals surface area contributed by atoms with E-state index in [4.69, 9.17) is 31.5 Å². The van der Waals surface area contributed by atoms with E-state index in [1.165, 1.54) is 18.9 Å². The fourth-order valence-corrected chi connectivity index (χ4v) is 3.88. The molecule has 1 amide bonds. The lowest BCUT2D eigenvalue weighted by Gasteiger charge is -2.19. The molecule has 0 radical (unpaired) electrons. The Hall–Kier alpha value is -3.37. The Morgan fingerprint density at radius 3 is 2.51 bits per heavy atom. The minimum atomic E-state index is -0.344. The van der Waals surface area contributed by atoms with Crippen molar-refractivity contribution in [1.82, 2.24) is 15.6 Å². The van der Waals surface area contributed by atoms with Crippen molar-refractivity contribution in [3.05, 3.63) is 57.6 Å². The third-order valence-corrected chi connectivity index (χ3v) is 5.80. The maximum atomic E-state index is 12.0. The van der Waals surface area contributed by atoms with Crippen LogP contribution in [0.1, 0.15) is 36.9 Å². The van der Waals surface area contributed by atoms with E-state index in [9.17, 15) is 4.79 Å². The predicted molar refractivity (Wildman–Crippen MR) is 138 cm³/mol. The van der Waals surface area contributed by atoms with E-state index in [0.717, 1.165) is 17.1 Å². The largest absolute Gasteiger partial charge is 0.493 e. The van der Waals surface area contributed by atoms with Crippen molar-refractivity contribution in [2.24, 2.45) is 5.10 Å². The van der Waals surface area contributed by atoms with E-state index < -0.39 is 0 Å². The normalized spacial score (nSPS) is 11.5. The second-order valence-electron chi connectivity index (χ2n) is 8.51. The van der Waals surface area contributed by atoms with Crippen LogP contribution in [0.25, 0.3) is 0 Å². The van der Waals surface area contributed by atoms with Crippen molar-refractivity contribution < 1.29 is 19.0 Å². The summed E-state index contributed by atoms with van der Waals surface area (Å²) in [5.41, 5.74) is 9.88. The average Bonchev–Trinajstić information content (AvgIpc) is 3.21. The monoisotopic (exact) mass is 517 g/mol. The Balaban J connectivity index is 1.52. The van der Waals surface area contributed by atoms with Gasteiger partial charge in [-0.05, 0) is 40.8 Å². The number of carbonyl (C=O) groups excluding carboxylic acids is 1. The molecule has 0 saturated heterocycles. The molecule has 186 valence electrons. The van der Waals surface area contributed by atoms with Gasteiger partial charge in [0.1, 0.15) is 24.0 Å². The third-order valence-electron chi connectivity index (χ3n) is 4.77. The summed E-state index contributed by atoms with van der Waals surface area (Å²) in [7, 11) is 1.52. The van der Waals surface area contributed by atoms with Gasteiger partial charge in [-0.15, -0.1) is 10.2 Å². The Morgan fingerprint density at radius 1 is 1.17 bits per heavy atom. The van der Waals surface area contributed by atoms with Crippen molar-refractivity contribution in [1.29, 1.82) is 0 Å². The molecule has 0 unspecified atom stereocenters. The van der Waals surface area contributed by atoms with Crippen LogP contribution in [0.4, 0.5) is 5.13 Å². The standard InChI is InChI=1S/C24H28ClN5O4S/c1-24(2,3)16-5-7-17(8-6-16)33-9-10-34-22-18(25)11-15(12-19(22)32-4)14-27-28-20(31)13-21-29-30-23(26)35-21/h5-8,11-12,14H,9-10,13H2,1-4H3,(H2,26,30)(H,28,31)/b27-14+. The number of rotatable bonds is 10. The number of hydrazone groups is 1. The van der Waals surface area contributed by atoms with E-state index in [-0.39, 0.29) is 24.3 Å². The zero-order valence-electron chi connectivity index (χ0n) is 20.0. The first kappa shape index (κ1) is 26.2. The van der Waals surface area contributed by atoms with Crippen LogP contribution in [0, 0.1) is 0 Å². The molecule has 9 nitrogen and oxygen atoms in total. The van der Waals surface area contributed by atoms with Crippen LogP contribution in [-0.4, -0.2) is 42.6 Å². The topological polar surface area (TPSA) is 121 Å². The summed E-state index contributed by atoms with van der Waals surface area (Å²) in [6.45, 7) is 7.11. The lowest BCUT2D eigenvalue weighted by molar-refractivity contribution is -0.120. The number of nitrogens with zero attached hydrogens (tertiary/aromatic N) is 3. The van der Waals surface area contributed by atoms with E-state index in [0.29, 0.717) is 38.8 Å². The molecule has 0 saturated carbocycles. The zero-order chi connectivity index (χ0) is 25.4. The van der Waals surface area contributed by atoms with Gasteiger partial charge in [0.15, 0.2) is 11.5 Å². The number of amides is 1. The first-order chi connectivity index (χ1) is 16.7. The summed E-state index contributed by atoms with van der Waals surface area (Å²) in [6.07, 6.45) is 1.49. The molecular weight excluding hydrogens is 490 g/mol. The van der Waals surface area contributed by atoms with Crippen LogP contribution in [0.5, 0.6) is 17.2 Å². The van der Waals surface area contributed by atoms with Gasteiger partial charge in [-0.2, -0.15) is 5.10 Å². The van der Waals surface area contributed by atoms with Crippen LogP contribution in [0.2, 0.25) is 5.02 Å². The number of hydrogen-bond donors (Lipinski definition) is 2. The van der Waals surface area contributed by atoms with E-state index in [1.54, 1.807) is 12.1 Å². The second-order valence-corrected chi connectivity index (χ2v) is 10.0. The molecule has 3 aromatic rings. The van der Waals surface area contributed by atoms with Crippen molar-refractivity contribution >= 4 is 40.2 Å². The van der Waals surface area contributed by atoms with Gasteiger partial charge in [0.2, 0.25) is 11.0 Å². The quantitative estimate of drug-likeness (QED) is 0.234. The number of carbonyl (C=O) groups is 1. The summed E-state index contributed by atoms with van der Waals surface area (Å²) in [6, 6.07) is 11.4. The van der Waals surface area contributed by atoms with Crippen LogP contribution in [0.3, 0.4) is 0 Å². The van der Waals surface area contributed by atoms with Crippen molar-refractivity contribution in [2.45, 2.75) is 32.6 Å². The molecule has 35 heavy (non-hydrogen) atoms. The molecular formula is C24H28ClN5O4S. The van der Waals surface area contributed by atoms with Crippen LogP contribution in [0.15, 0.2) is 41.5 Å². The smallest absolute Gasteiger partial charge is 0.247 e. The first-order valence-electron chi connectivity index (χ1n) is 10.8. The number of anilines is 1. The number of nitrogen functional groups attached to an aromatic ring is 1. The van der Waals surface area contributed by atoms with Gasteiger partial charge < -0.3 is 19.9 Å². The van der Waals surface area contributed by atoms with E-state index in [2.05, 4.69) is 53.6 Å². The molecule has 3 N–H and O–H groups in total. The Kier molecular flexibility index (Phi) is 8.89. The summed E-state index contributed by atoms with van der Waals surface area (Å²) < 4.78 is 17.0. The van der Waals surface area contributed by atoms with Crippen LogP contribution >= 0.6 is 22.9 Å². The highest BCUT2D eigenvalue weighted by Gasteiger charge is 2.14. The fraction of sp³-hybridized carbons (Fsp3) is 0.333. The number of methoxy groups -OCH3 is 1. The molecule has 0 fully saturated rings. The number of aromatic nitrogens is 2. The summed E-state index contributed by atoms with van der Waals surface area (Å²) in [4.78, 5) is 12.0. The Bertz CT molecular complexity index is 1180. The summed E-state index contributed by atoms with van der Waals surface area (Å²) >= 11 is 7.55. The lowest BCUT2D eigenvalue weighted by Crippen LogP contribution is -2.19. The van der Waals surface area contributed by atoms with Gasteiger partial charge in [-0.25, -0.2) is 5.43 Å². The Labute approximate surface area is 213 Å². The van der Waals surface area contributed by atoms with Crippen LogP contribution < -0.4 is 25.4 Å². The molecule has 0 bridgehead atoms. The number of nitrogens with two attached hydrogens (primary N) is 1. The number of ether oxygens (including phenoxy) is 3. The molecule has 0 atom stereocenters. The highest BCUT2D eigenvalue weighted by molar-refractivity contribution is 7.15. The maximum Gasteiger partial charge on any atom is 0.247 e. The molecule has 11 heteroatoms. The summed E-state index contributed by atoms with van der Waals surface area (Å²) in [5, 5.41) is 12.6. The average molecular weight is 518 g/mol. The van der Waals surface area contributed by atoms with Crippen molar-refractivity contribution in [3.8, 4) is 17.2 Å². The molecule has 1 heterocycles. The van der Waals surface area contributed by atoms with Crippen molar-refractivity contribution in [2.75, 3.05) is 26.1 Å². The molecule has 0 aliphatic heterocycles. The van der Waals surface area contributed by atoms with Gasteiger partial charge in [0, 0.05) is 0 Å². The molecule has 1 aromatic heterocycles. The lowest BCUT2D eigenvalue weighted by atomic mass is 9.87. The van der Waals surface area contributed by atoms with Gasteiger partial charge in [-0.1, -0.05) is 55.8 Å². The Morgan fingerprint density at radius 2 is 1.89 bits per heavy atom. The molecule has 0 aliphatic carbocycles. The van der Waals surface area contributed by atoms with Gasteiger partial charge in [-0.3, -0.25) is 4.79 Å². The highest BCUT2D eigenvalue weighted by Crippen LogP contribution is 2.36. The minimum absolute atomic E-state index is 0.0336. The molecule has 0 spiro atoms. The molecule has 3 rings (SSSR count). The van der Waals surface area contributed by atoms with Gasteiger partial charge >= 0.3 is 0 Å². The predicted octanol–water partition coefficient (Wildman–Crippen LogP) is 4.23. The van der Waals surface area contributed by atoms with Gasteiger partial charge in [0.25, 0.3) is 0 Å². The SMILES string of the molecule is COc1cc(/C=N/NC(=O)Cc2nnc(N)s2)cc(Cl)c1OCCOc1ccc(C(C)(C)C)cc1. The first-order valence-corrected chi connectivity index (χ1v) is 12.0.